The van der Waals surface area contributed by atoms with Gasteiger partial charge in [-0.15, -0.1) is 0 Å². The Kier molecular flexibility index (Phi) is 3.91. The van der Waals surface area contributed by atoms with Crippen molar-refractivity contribution < 1.29 is 8.42 Å². The molecular weight excluding hydrogens is 288 g/mol. The Morgan fingerprint density at radius 2 is 2.29 bits per heavy atom. The molecule has 1 aromatic rings. The molecule has 4 nitrogen and oxygen atoms in total. The van der Waals surface area contributed by atoms with Crippen LogP contribution in [-0.2, 0) is 10.0 Å². The second-order valence-corrected chi connectivity index (χ2v) is 7.42. The van der Waals surface area contributed by atoms with Crippen LogP contribution < -0.4 is 4.72 Å². The third kappa shape index (κ3) is 3.93. The highest BCUT2D eigenvalue weighted by molar-refractivity contribution is 9.11. The van der Waals surface area contributed by atoms with Crippen molar-refractivity contribution in [2.45, 2.75) is 13.8 Å². The van der Waals surface area contributed by atoms with Crippen molar-refractivity contribution in [1.29, 1.82) is 0 Å². The lowest BCUT2D eigenvalue weighted by Crippen LogP contribution is -2.19. The Morgan fingerprint density at radius 3 is 2.71 bits per heavy atom. The zero-order valence-corrected chi connectivity index (χ0v) is 11.0. The van der Waals surface area contributed by atoms with Gasteiger partial charge in [0.1, 0.15) is 0 Å². The molecule has 1 rings (SSSR count). The summed E-state index contributed by atoms with van der Waals surface area (Å²) in [5.41, 5.74) is 0. The van der Waals surface area contributed by atoms with Crippen LogP contribution in [0.4, 0.5) is 5.13 Å². The van der Waals surface area contributed by atoms with E-state index in [1.807, 2.05) is 13.8 Å². The summed E-state index contributed by atoms with van der Waals surface area (Å²) in [5, 5.41) is 0.400. The fourth-order valence-electron chi connectivity index (χ4n) is 0.915. The molecule has 1 aromatic heterocycles. The van der Waals surface area contributed by atoms with Gasteiger partial charge < -0.3 is 0 Å². The minimum Gasteiger partial charge on any atom is -0.259 e. The van der Waals surface area contributed by atoms with Gasteiger partial charge in [-0.1, -0.05) is 25.2 Å². The molecule has 0 aromatic carbocycles. The van der Waals surface area contributed by atoms with Crippen LogP contribution in [0.5, 0.6) is 0 Å². The number of hydrogen-bond donors (Lipinski definition) is 1. The van der Waals surface area contributed by atoms with Crippen LogP contribution in [-0.4, -0.2) is 19.2 Å². The van der Waals surface area contributed by atoms with Gasteiger partial charge in [-0.2, -0.15) is 0 Å². The van der Waals surface area contributed by atoms with Gasteiger partial charge in [-0.25, -0.2) is 13.4 Å². The molecule has 0 saturated heterocycles. The zero-order valence-electron chi connectivity index (χ0n) is 7.82. The predicted octanol–water partition coefficient (Wildman–Crippen LogP) is 2.30. The Hall–Kier alpha value is -0.140. The first kappa shape index (κ1) is 11.9. The summed E-state index contributed by atoms with van der Waals surface area (Å²) in [6.45, 7) is 3.72. The molecule has 0 bridgehead atoms. The lowest BCUT2D eigenvalue weighted by atomic mass is 10.3. The van der Waals surface area contributed by atoms with E-state index in [4.69, 9.17) is 0 Å². The molecule has 0 amide bonds. The van der Waals surface area contributed by atoms with Gasteiger partial charge in [0.2, 0.25) is 10.0 Å². The Bertz CT molecular complexity index is 400. The van der Waals surface area contributed by atoms with Crippen LogP contribution in [0.25, 0.3) is 0 Å². The fraction of sp³-hybridized carbons (Fsp3) is 0.571. The van der Waals surface area contributed by atoms with Gasteiger partial charge in [-0.05, 0) is 21.8 Å². The smallest absolute Gasteiger partial charge is 0.234 e. The third-order valence-electron chi connectivity index (χ3n) is 1.27. The molecule has 0 unspecified atom stereocenters. The maximum Gasteiger partial charge on any atom is 0.234 e. The molecule has 0 radical (unpaired) electrons. The highest BCUT2D eigenvalue weighted by atomic mass is 79.9. The maximum absolute atomic E-state index is 11.5. The number of anilines is 1. The van der Waals surface area contributed by atoms with Gasteiger partial charge in [0.05, 0.1) is 15.7 Å². The van der Waals surface area contributed by atoms with Crippen LogP contribution in [0.15, 0.2) is 9.98 Å². The molecule has 1 heterocycles. The Morgan fingerprint density at radius 1 is 1.64 bits per heavy atom. The van der Waals surface area contributed by atoms with Gasteiger partial charge in [0.15, 0.2) is 5.13 Å². The lowest BCUT2D eigenvalue weighted by molar-refractivity contribution is 0.587. The Labute approximate surface area is 95.9 Å². The van der Waals surface area contributed by atoms with Gasteiger partial charge in [0.25, 0.3) is 0 Å². The van der Waals surface area contributed by atoms with Crippen molar-refractivity contribution in [2.24, 2.45) is 5.92 Å². The summed E-state index contributed by atoms with van der Waals surface area (Å²) in [5.74, 6) is 0.223. The summed E-state index contributed by atoms with van der Waals surface area (Å²) in [6.07, 6.45) is 1.57. The monoisotopic (exact) mass is 298 g/mol. The summed E-state index contributed by atoms with van der Waals surface area (Å²) in [7, 11) is -3.24. The van der Waals surface area contributed by atoms with Gasteiger partial charge in [0, 0.05) is 0 Å². The average molecular weight is 299 g/mol. The van der Waals surface area contributed by atoms with E-state index < -0.39 is 10.0 Å². The maximum atomic E-state index is 11.5. The molecule has 80 valence electrons. The number of halogens is 1. The molecule has 0 saturated carbocycles. The first-order valence-electron chi connectivity index (χ1n) is 4.01. The highest BCUT2D eigenvalue weighted by Gasteiger charge is 2.14. The molecule has 0 fully saturated rings. The zero-order chi connectivity index (χ0) is 10.8. The van der Waals surface area contributed by atoms with Crippen molar-refractivity contribution in [1.82, 2.24) is 4.98 Å². The molecule has 14 heavy (non-hydrogen) atoms. The molecule has 1 N–H and O–H groups in total. The van der Waals surface area contributed by atoms with Crippen molar-refractivity contribution in [3.8, 4) is 0 Å². The van der Waals surface area contributed by atoms with E-state index in [0.717, 1.165) is 3.79 Å². The fourth-order valence-corrected chi connectivity index (χ4v) is 3.70. The summed E-state index contributed by atoms with van der Waals surface area (Å²) >= 11 is 4.47. The SMILES string of the molecule is CC(C)CS(=O)(=O)Nc1ncc(Br)s1. The molecule has 0 aliphatic carbocycles. The second-order valence-electron chi connectivity index (χ2n) is 3.25. The van der Waals surface area contributed by atoms with Gasteiger partial charge in [-0.3, -0.25) is 4.72 Å². The molecule has 0 aliphatic heterocycles. The number of nitrogens with zero attached hydrogens (tertiary/aromatic N) is 1. The quantitative estimate of drug-likeness (QED) is 0.928. The minimum absolute atomic E-state index is 0.107. The number of hydrogen-bond acceptors (Lipinski definition) is 4. The molecule has 0 atom stereocenters. The van der Waals surface area contributed by atoms with Crippen LogP contribution >= 0.6 is 27.3 Å². The third-order valence-corrected chi connectivity index (χ3v) is 4.40. The van der Waals surface area contributed by atoms with Crippen LogP contribution in [0.1, 0.15) is 13.8 Å². The number of rotatable bonds is 4. The molecule has 0 aliphatic rings. The predicted molar refractivity (Wildman–Crippen MR) is 62.1 cm³/mol. The van der Waals surface area contributed by atoms with E-state index in [2.05, 4.69) is 25.6 Å². The molecular formula is C7H11BrN2O2S2. The van der Waals surface area contributed by atoms with Crippen molar-refractivity contribution >= 4 is 42.4 Å². The normalized spacial score (nSPS) is 12.0. The lowest BCUT2D eigenvalue weighted by Gasteiger charge is -2.06. The van der Waals surface area contributed by atoms with E-state index in [-0.39, 0.29) is 11.7 Å². The van der Waals surface area contributed by atoms with Crippen molar-refractivity contribution in [2.75, 3.05) is 10.5 Å². The van der Waals surface area contributed by atoms with Crippen LogP contribution in [0.2, 0.25) is 0 Å². The largest absolute Gasteiger partial charge is 0.259 e. The number of thiazole rings is 1. The molecule has 0 spiro atoms. The van der Waals surface area contributed by atoms with E-state index in [9.17, 15) is 8.42 Å². The van der Waals surface area contributed by atoms with E-state index in [1.54, 1.807) is 6.20 Å². The first-order valence-corrected chi connectivity index (χ1v) is 7.27. The second kappa shape index (κ2) is 4.59. The summed E-state index contributed by atoms with van der Waals surface area (Å²) in [4.78, 5) is 3.89. The van der Waals surface area contributed by atoms with Crippen molar-refractivity contribution in [3.63, 3.8) is 0 Å². The van der Waals surface area contributed by atoms with E-state index in [1.165, 1.54) is 11.3 Å². The topological polar surface area (TPSA) is 59.1 Å². The number of nitrogens with one attached hydrogen (secondary N) is 1. The van der Waals surface area contributed by atoms with Crippen molar-refractivity contribution in [3.05, 3.63) is 9.98 Å². The van der Waals surface area contributed by atoms with E-state index in [0.29, 0.717) is 5.13 Å². The Balaban J connectivity index is 2.69. The summed E-state index contributed by atoms with van der Waals surface area (Å²) < 4.78 is 26.1. The standard InChI is InChI=1S/C7H11BrN2O2S2/c1-5(2)4-14(11,12)10-7-9-3-6(8)13-7/h3,5H,4H2,1-2H3,(H,9,10). The van der Waals surface area contributed by atoms with Crippen LogP contribution in [0.3, 0.4) is 0 Å². The van der Waals surface area contributed by atoms with Gasteiger partial charge >= 0.3 is 0 Å². The van der Waals surface area contributed by atoms with E-state index >= 15 is 0 Å². The highest BCUT2D eigenvalue weighted by Crippen LogP contribution is 2.24. The summed E-state index contributed by atoms with van der Waals surface area (Å²) in [6, 6.07) is 0. The molecule has 7 heteroatoms. The van der Waals surface area contributed by atoms with Crippen LogP contribution in [0, 0.1) is 5.92 Å². The average Bonchev–Trinajstić information content (AvgIpc) is 2.30. The number of sulfonamides is 1. The number of aromatic nitrogens is 1. The first-order chi connectivity index (χ1) is 6.39. The minimum atomic E-state index is -3.24.